The molecule has 1 fully saturated rings. The van der Waals surface area contributed by atoms with Crippen LogP contribution in [0.3, 0.4) is 0 Å². The van der Waals surface area contributed by atoms with Crippen molar-refractivity contribution in [1.29, 1.82) is 0 Å². The highest BCUT2D eigenvalue weighted by Crippen LogP contribution is 2.37. The van der Waals surface area contributed by atoms with Crippen molar-refractivity contribution in [3.63, 3.8) is 0 Å². The molecule has 2 aliphatic carbocycles. The number of para-hydroxylation sites is 1. The average molecular weight is 411 g/mol. The minimum Gasteiger partial charge on any atom is -0.298 e. The third kappa shape index (κ3) is 3.12. The zero-order chi connectivity index (χ0) is 19.1. The van der Waals surface area contributed by atoms with Crippen LogP contribution in [0.15, 0.2) is 40.3 Å². The number of hydrogen-bond donors (Lipinski definition) is 0. The smallest absolute Gasteiger partial charge is 0.267 e. The Morgan fingerprint density at radius 2 is 1.79 bits per heavy atom. The van der Waals surface area contributed by atoms with Gasteiger partial charge < -0.3 is 0 Å². The monoisotopic (exact) mass is 410 g/mol. The Kier molecular flexibility index (Phi) is 4.85. The number of nitrogens with zero attached hydrogens (tertiary/aromatic N) is 2. The number of Topliss-reactive ketones (excluding diaryl/α,β-unsaturated/α-hetero) is 1. The molecule has 0 saturated heterocycles. The summed E-state index contributed by atoms with van der Waals surface area (Å²) >= 11 is 3.15. The Morgan fingerprint density at radius 1 is 1.00 bits per heavy atom. The number of aryl methyl sites for hydroxylation is 2. The Bertz CT molecular complexity index is 1100. The van der Waals surface area contributed by atoms with E-state index in [0.717, 1.165) is 54.4 Å². The SMILES string of the molecule is O=C1CCCC[C@H]1Sc1nc2sc3c(c2c(=O)n1-c1ccccc1)CCCC3. The number of hydrogen-bond acceptors (Lipinski definition) is 5. The summed E-state index contributed by atoms with van der Waals surface area (Å²) in [5.74, 6) is 0.288. The minimum atomic E-state index is -0.0948. The lowest BCUT2D eigenvalue weighted by molar-refractivity contribution is -0.119. The summed E-state index contributed by atoms with van der Waals surface area (Å²) in [7, 11) is 0. The van der Waals surface area contributed by atoms with Gasteiger partial charge in [0.1, 0.15) is 10.6 Å². The number of carbonyl (C=O) groups is 1. The molecule has 1 saturated carbocycles. The highest BCUT2D eigenvalue weighted by Gasteiger charge is 2.28. The lowest BCUT2D eigenvalue weighted by atomic mass is 9.97. The van der Waals surface area contributed by atoms with E-state index in [4.69, 9.17) is 4.98 Å². The van der Waals surface area contributed by atoms with Crippen molar-refractivity contribution in [1.82, 2.24) is 9.55 Å². The maximum atomic E-state index is 13.6. The molecule has 0 amide bonds. The third-order valence-electron chi connectivity index (χ3n) is 5.72. The van der Waals surface area contributed by atoms with Crippen molar-refractivity contribution >= 4 is 39.1 Å². The van der Waals surface area contributed by atoms with Crippen LogP contribution in [0.25, 0.3) is 15.9 Å². The molecule has 0 unspecified atom stereocenters. The number of carbonyl (C=O) groups excluding carboxylic acids is 1. The van der Waals surface area contributed by atoms with Crippen molar-refractivity contribution in [3.05, 3.63) is 51.1 Å². The molecule has 0 N–H and O–H groups in total. The third-order valence-corrected chi connectivity index (χ3v) is 8.17. The van der Waals surface area contributed by atoms with Gasteiger partial charge in [0.05, 0.1) is 16.3 Å². The zero-order valence-corrected chi connectivity index (χ0v) is 17.3. The van der Waals surface area contributed by atoms with Gasteiger partial charge in [0.15, 0.2) is 5.16 Å². The first-order valence-corrected chi connectivity index (χ1v) is 11.7. The molecule has 28 heavy (non-hydrogen) atoms. The summed E-state index contributed by atoms with van der Waals surface area (Å²) in [6.07, 6.45) is 7.89. The van der Waals surface area contributed by atoms with Crippen LogP contribution < -0.4 is 5.56 Å². The molecule has 4 nitrogen and oxygen atoms in total. The molecule has 0 spiro atoms. The van der Waals surface area contributed by atoms with Gasteiger partial charge in [-0.15, -0.1) is 11.3 Å². The fraction of sp³-hybridized carbons (Fsp3) is 0.409. The quantitative estimate of drug-likeness (QED) is 0.575. The number of rotatable bonds is 3. The summed E-state index contributed by atoms with van der Waals surface area (Å²) in [5, 5.41) is 1.35. The molecule has 144 valence electrons. The molecular formula is C22H22N2O2S2. The van der Waals surface area contributed by atoms with Crippen LogP contribution >= 0.6 is 23.1 Å². The van der Waals surface area contributed by atoms with Gasteiger partial charge in [-0.2, -0.15) is 0 Å². The maximum absolute atomic E-state index is 13.6. The first kappa shape index (κ1) is 18.1. The number of thioether (sulfide) groups is 1. The highest BCUT2D eigenvalue weighted by atomic mass is 32.2. The Hall–Kier alpha value is -1.92. The second-order valence-corrected chi connectivity index (χ2v) is 9.83. The van der Waals surface area contributed by atoms with Gasteiger partial charge in [-0.1, -0.05) is 36.4 Å². The number of thiophene rings is 1. The molecule has 1 atom stereocenters. The lowest BCUT2D eigenvalue weighted by Gasteiger charge is -2.21. The molecule has 0 aliphatic heterocycles. The van der Waals surface area contributed by atoms with Gasteiger partial charge in [0.2, 0.25) is 0 Å². The first-order chi connectivity index (χ1) is 13.7. The molecule has 0 radical (unpaired) electrons. The van der Waals surface area contributed by atoms with Crippen LogP contribution in [0.4, 0.5) is 0 Å². The topological polar surface area (TPSA) is 52.0 Å². The van der Waals surface area contributed by atoms with Gasteiger partial charge in [-0.3, -0.25) is 14.2 Å². The molecule has 3 aromatic rings. The van der Waals surface area contributed by atoms with Gasteiger partial charge in [0.25, 0.3) is 5.56 Å². The Balaban J connectivity index is 1.71. The van der Waals surface area contributed by atoms with Crippen molar-refractivity contribution < 1.29 is 4.79 Å². The molecule has 6 heteroatoms. The average Bonchev–Trinajstić information content (AvgIpc) is 3.09. The number of fused-ring (bicyclic) bond motifs is 3. The van der Waals surface area contributed by atoms with Crippen molar-refractivity contribution in [2.45, 2.75) is 61.8 Å². The van der Waals surface area contributed by atoms with E-state index in [1.165, 1.54) is 28.6 Å². The summed E-state index contributed by atoms with van der Waals surface area (Å²) in [6.45, 7) is 0. The standard InChI is InChI=1S/C22H22N2O2S2/c25-16-11-5-7-13-18(16)28-22-23-20-19(15-10-4-6-12-17(15)27-20)21(26)24(22)14-8-2-1-3-9-14/h1-3,8-9,18H,4-7,10-13H2/t18-/m1/s1. The summed E-state index contributed by atoms with van der Waals surface area (Å²) in [6, 6.07) is 9.72. The van der Waals surface area contributed by atoms with E-state index in [-0.39, 0.29) is 16.6 Å². The van der Waals surface area contributed by atoms with E-state index >= 15 is 0 Å². The van der Waals surface area contributed by atoms with E-state index < -0.39 is 0 Å². The van der Waals surface area contributed by atoms with E-state index in [9.17, 15) is 9.59 Å². The van der Waals surface area contributed by atoms with Gasteiger partial charge in [-0.05, 0) is 56.2 Å². The van der Waals surface area contributed by atoms with Crippen molar-refractivity contribution in [3.8, 4) is 5.69 Å². The van der Waals surface area contributed by atoms with Crippen LogP contribution in [0.5, 0.6) is 0 Å². The summed E-state index contributed by atoms with van der Waals surface area (Å²) in [4.78, 5) is 33.2. The fourth-order valence-corrected chi connectivity index (χ4v) is 6.81. The van der Waals surface area contributed by atoms with Crippen LogP contribution in [0.2, 0.25) is 0 Å². The van der Waals surface area contributed by atoms with Crippen LogP contribution in [0.1, 0.15) is 49.0 Å². The summed E-state index contributed by atoms with van der Waals surface area (Å²) < 4.78 is 1.73. The van der Waals surface area contributed by atoms with E-state index in [1.807, 2.05) is 30.3 Å². The van der Waals surface area contributed by atoms with Crippen LogP contribution in [0, 0.1) is 0 Å². The normalized spacial score (nSPS) is 19.7. The Labute approximate surface area is 172 Å². The van der Waals surface area contributed by atoms with Crippen LogP contribution in [-0.2, 0) is 17.6 Å². The maximum Gasteiger partial charge on any atom is 0.267 e. The van der Waals surface area contributed by atoms with E-state index in [2.05, 4.69) is 0 Å². The van der Waals surface area contributed by atoms with E-state index in [0.29, 0.717) is 11.6 Å². The van der Waals surface area contributed by atoms with Crippen molar-refractivity contribution in [2.75, 3.05) is 0 Å². The lowest BCUT2D eigenvalue weighted by Crippen LogP contribution is -2.26. The van der Waals surface area contributed by atoms with Crippen molar-refractivity contribution in [2.24, 2.45) is 0 Å². The second-order valence-electron chi connectivity index (χ2n) is 7.58. The largest absolute Gasteiger partial charge is 0.298 e. The zero-order valence-electron chi connectivity index (χ0n) is 15.6. The van der Waals surface area contributed by atoms with Gasteiger partial charge in [0, 0.05) is 11.3 Å². The predicted molar refractivity (Wildman–Crippen MR) is 115 cm³/mol. The van der Waals surface area contributed by atoms with Crippen LogP contribution in [-0.4, -0.2) is 20.6 Å². The second kappa shape index (κ2) is 7.48. The minimum absolute atomic E-state index is 0.0151. The van der Waals surface area contributed by atoms with E-state index in [1.54, 1.807) is 15.9 Å². The van der Waals surface area contributed by atoms with Gasteiger partial charge in [-0.25, -0.2) is 4.98 Å². The molecule has 2 heterocycles. The number of benzene rings is 1. The molecule has 0 bridgehead atoms. The molecule has 2 aromatic heterocycles. The molecule has 1 aromatic carbocycles. The molecule has 2 aliphatic rings. The molecular weight excluding hydrogens is 388 g/mol. The number of aromatic nitrogens is 2. The summed E-state index contributed by atoms with van der Waals surface area (Å²) in [5.41, 5.74) is 2.04. The molecule has 5 rings (SSSR count). The number of ketones is 1. The predicted octanol–water partition coefficient (Wildman–Crippen LogP) is 4.93. The first-order valence-electron chi connectivity index (χ1n) is 10.0. The fourth-order valence-electron chi connectivity index (χ4n) is 4.27. The Morgan fingerprint density at radius 3 is 2.61 bits per heavy atom. The highest BCUT2D eigenvalue weighted by molar-refractivity contribution is 8.00. The van der Waals surface area contributed by atoms with Gasteiger partial charge >= 0.3 is 0 Å².